The van der Waals surface area contributed by atoms with E-state index in [0.717, 1.165) is 0 Å². The topological polar surface area (TPSA) is 102 Å². The maximum atomic E-state index is 10.4. The minimum atomic E-state index is -0.948. The lowest BCUT2D eigenvalue weighted by Crippen LogP contribution is -2.39. The molecule has 1 aromatic rings. The van der Waals surface area contributed by atoms with E-state index in [4.69, 9.17) is 19.2 Å². The van der Waals surface area contributed by atoms with Crippen LogP contribution in [0.2, 0.25) is 0 Å². The molecule has 0 radical (unpaired) electrons. The average molecular weight is 223 g/mol. The van der Waals surface area contributed by atoms with Crippen LogP contribution < -0.4 is 5.46 Å². The van der Waals surface area contributed by atoms with Gasteiger partial charge in [0.1, 0.15) is 0 Å². The molecular weight excluding hydrogens is 215 g/mol. The van der Waals surface area contributed by atoms with Gasteiger partial charge in [0, 0.05) is 12.1 Å². The number of hydrogen-bond donors (Lipinski definition) is 2. The normalized spacial score (nSPS) is 9.62. The standard InChI is InChI=1S/C6H8B3NO6/c11-7-15-9(16-8-12)5-1-3-6(4-2-5)10(13)14/h1-4,7-8,11-12H. The van der Waals surface area contributed by atoms with E-state index in [1.807, 2.05) is 0 Å². The molecule has 2 N–H and O–H groups in total. The zero-order valence-electron chi connectivity index (χ0n) is 8.28. The molecular formula is C6H8B3NO6. The molecule has 0 atom stereocenters. The minimum absolute atomic E-state index is 0.0597. The van der Waals surface area contributed by atoms with Crippen molar-refractivity contribution in [2.75, 3.05) is 0 Å². The van der Waals surface area contributed by atoms with E-state index >= 15 is 0 Å². The maximum Gasteiger partial charge on any atom is 0.466 e. The van der Waals surface area contributed by atoms with Crippen molar-refractivity contribution in [1.82, 2.24) is 0 Å². The number of benzene rings is 1. The van der Waals surface area contributed by atoms with Gasteiger partial charge in [0.25, 0.3) is 5.69 Å². The Morgan fingerprint density at radius 2 is 1.69 bits per heavy atom. The van der Waals surface area contributed by atoms with Crippen LogP contribution in [0.25, 0.3) is 0 Å². The van der Waals surface area contributed by atoms with Crippen molar-refractivity contribution in [2.45, 2.75) is 0 Å². The van der Waals surface area contributed by atoms with Crippen molar-refractivity contribution in [2.24, 2.45) is 0 Å². The van der Waals surface area contributed by atoms with Crippen LogP contribution in [0.4, 0.5) is 5.69 Å². The van der Waals surface area contributed by atoms with Gasteiger partial charge in [-0.1, -0.05) is 12.1 Å². The Morgan fingerprint density at radius 3 is 2.06 bits per heavy atom. The summed E-state index contributed by atoms with van der Waals surface area (Å²) in [5.41, 5.74) is 0.407. The van der Waals surface area contributed by atoms with E-state index in [1.54, 1.807) is 0 Å². The molecule has 0 saturated heterocycles. The summed E-state index contributed by atoms with van der Waals surface area (Å²) in [7, 11) is -2.11. The lowest BCUT2D eigenvalue weighted by molar-refractivity contribution is -0.384. The summed E-state index contributed by atoms with van der Waals surface area (Å²) in [5, 5.41) is 27.5. The van der Waals surface area contributed by atoms with Crippen LogP contribution >= 0.6 is 0 Å². The third kappa shape index (κ3) is 3.35. The first kappa shape index (κ1) is 12.7. The van der Waals surface area contributed by atoms with E-state index in [9.17, 15) is 10.1 Å². The van der Waals surface area contributed by atoms with E-state index in [2.05, 4.69) is 0 Å². The monoisotopic (exact) mass is 223 g/mol. The summed E-state index contributed by atoms with van der Waals surface area (Å²) in [6.07, 6.45) is 0. The van der Waals surface area contributed by atoms with Crippen LogP contribution in [0.1, 0.15) is 0 Å². The maximum absolute atomic E-state index is 10.4. The quantitative estimate of drug-likeness (QED) is 0.323. The summed E-state index contributed by atoms with van der Waals surface area (Å²) in [6, 6.07) is 5.41. The summed E-state index contributed by atoms with van der Waals surface area (Å²) in [5.74, 6) is 0. The highest BCUT2D eigenvalue weighted by molar-refractivity contribution is 6.68. The lowest BCUT2D eigenvalue weighted by Gasteiger charge is -2.11. The minimum Gasteiger partial charge on any atom is -0.451 e. The van der Waals surface area contributed by atoms with Crippen molar-refractivity contribution in [3.05, 3.63) is 34.4 Å². The molecule has 7 nitrogen and oxygen atoms in total. The molecule has 0 aromatic heterocycles. The molecule has 16 heavy (non-hydrogen) atoms. The van der Waals surface area contributed by atoms with Crippen LogP contribution in [0.5, 0.6) is 0 Å². The van der Waals surface area contributed by atoms with Crippen molar-refractivity contribution < 1.29 is 24.1 Å². The number of rotatable bonds is 6. The molecule has 82 valence electrons. The van der Waals surface area contributed by atoms with Gasteiger partial charge in [-0.2, -0.15) is 0 Å². The van der Waals surface area contributed by atoms with Gasteiger partial charge in [-0.25, -0.2) is 0 Å². The van der Waals surface area contributed by atoms with Crippen molar-refractivity contribution >= 4 is 33.6 Å². The first-order valence-electron chi connectivity index (χ1n) is 4.38. The third-order valence-electron chi connectivity index (χ3n) is 1.83. The van der Waals surface area contributed by atoms with E-state index in [0.29, 0.717) is 5.46 Å². The highest BCUT2D eigenvalue weighted by atomic mass is 16.6. The molecule has 0 heterocycles. The fourth-order valence-electron chi connectivity index (χ4n) is 1.13. The Balaban J connectivity index is 2.80. The largest absolute Gasteiger partial charge is 0.466 e. The fourth-order valence-corrected chi connectivity index (χ4v) is 1.13. The highest BCUT2D eigenvalue weighted by Gasteiger charge is 2.21. The van der Waals surface area contributed by atoms with Gasteiger partial charge in [-0.05, 0) is 5.46 Å². The molecule has 0 amide bonds. The van der Waals surface area contributed by atoms with Gasteiger partial charge in [0.15, 0.2) is 0 Å². The molecule has 0 unspecified atom stereocenters. The zero-order valence-corrected chi connectivity index (χ0v) is 8.28. The molecule has 0 aliphatic heterocycles. The Kier molecular flexibility index (Phi) is 5.00. The molecule has 0 spiro atoms. The Hall–Kier alpha value is -1.35. The second kappa shape index (κ2) is 6.28. The van der Waals surface area contributed by atoms with Crippen molar-refractivity contribution in [1.29, 1.82) is 0 Å². The summed E-state index contributed by atoms with van der Waals surface area (Å²) >= 11 is 0. The van der Waals surface area contributed by atoms with E-state index < -0.39 is 27.4 Å². The predicted molar refractivity (Wildman–Crippen MR) is 59.4 cm³/mol. The first-order chi connectivity index (χ1) is 7.69. The number of non-ortho nitro benzene ring substituents is 1. The number of nitrogens with zero attached hydrogens (tertiary/aromatic N) is 1. The van der Waals surface area contributed by atoms with Gasteiger partial charge < -0.3 is 19.2 Å². The molecule has 0 bridgehead atoms. The molecule has 1 rings (SSSR count). The van der Waals surface area contributed by atoms with Crippen molar-refractivity contribution in [3.63, 3.8) is 0 Å². The zero-order chi connectivity index (χ0) is 12.0. The molecule has 0 aliphatic carbocycles. The number of nitro benzene ring substituents is 1. The van der Waals surface area contributed by atoms with Crippen LogP contribution in [-0.2, 0) is 9.14 Å². The molecule has 1 aromatic carbocycles. The van der Waals surface area contributed by atoms with Gasteiger partial charge >= 0.3 is 22.5 Å². The van der Waals surface area contributed by atoms with Gasteiger partial charge in [0.05, 0.1) is 4.92 Å². The fraction of sp³-hybridized carbons (Fsp3) is 0. The molecule has 0 saturated carbocycles. The molecule has 10 heteroatoms. The smallest absolute Gasteiger partial charge is 0.451 e. The van der Waals surface area contributed by atoms with Crippen LogP contribution in [0, 0.1) is 10.1 Å². The summed E-state index contributed by atoms with van der Waals surface area (Å²) in [6.45, 7) is 0. The Bertz CT molecular complexity index is 341. The summed E-state index contributed by atoms with van der Waals surface area (Å²) in [4.78, 5) is 9.87. The Labute approximate surface area is 92.9 Å². The second-order valence-corrected chi connectivity index (χ2v) is 2.77. The lowest BCUT2D eigenvalue weighted by atomic mass is 9.76. The second-order valence-electron chi connectivity index (χ2n) is 2.77. The highest BCUT2D eigenvalue weighted by Crippen LogP contribution is 2.07. The average Bonchev–Trinajstić information content (AvgIpc) is 2.29. The number of nitro groups is 1. The molecule has 0 aliphatic rings. The Morgan fingerprint density at radius 1 is 1.19 bits per heavy atom. The predicted octanol–water partition coefficient (Wildman–Crippen LogP) is -2.16. The van der Waals surface area contributed by atoms with E-state index in [-0.39, 0.29) is 5.69 Å². The van der Waals surface area contributed by atoms with Crippen LogP contribution in [0.3, 0.4) is 0 Å². The summed E-state index contributed by atoms with van der Waals surface area (Å²) < 4.78 is 9.54. The van der Waals surface area contributed by atoms with E-state index in [1.165, 1.54) is 24.3 Å². The van der Waals surface area contributed by atoms with Gasteiger partial charge in [-0.3, -0.25) is 10.1 Å². The van der Waals surface area contributed by atoms with Gasteiger partial charge in [0.2, 0.25) is 0 Å². The first-order valence-corrected chi connectivity index (χ1v) is 4.38. The van der Waals surface area contributed by atoms with Crippen molar-refractivity contribution in [3.8, 4) is 0 Å². The molecule has 0 fully saturated rings. The number of hydrogen-bond acceptors (Lipinski definition) is 6. The third-order valence-corrected chi connectivity index (χ3v) is 1.83. The van der Waals surface area contributed by atoms with Crippen LogP contribution in [0.15, 0.2) is 24.3 Å². The van der Waals surface area contributed by atoms with Gasteiger partial charge in [-0.15, -0.1) is 0 Å². The van der Waals surface area contributed by atoms with Crippen LogP contribution in [-0.4, -0.2) is 37.5 Å². The SMILES string of the molecule is O=[N+]([O-])c1ccc(B(OBO)OBO)cc1.